The Morgan fingerprint density at radius 2 is 1.96 bits per heavy atom. The van der Waals surface area contributed by atoms with E-state index in [1.54, 1.807) is 0 Å². The largest absolute Gasteiger partial charge is 0.494 e. The molecule has 0 radical (unpaired) electrons. The highest BCUT2D eigenvalue weighted by atomic mass is 16.5. The van der Waals surface area contributed by atoms with Gasteiger partial charge in [-0.05, 0) is 31.4 Å². The molecule has 0 aliphatic carbocycles. The standard InChI is InChI=1S/C18H26N2O3/c21-18(17-8-4-14-23-17)20-12-10-19(11-13-20)9-5-15-22-16-6-2-1-3-7-16/h1-3,6-7,17H,4-5,8-15H2. The normalized spacial score (nSPS) is 22.3. The SMILES string of the molecule is O=C(C1CCCO1)N1CCN(CCCOc2ccccc2)CC1. The monoisotopic (exact) mass is 318 g/mol. The molecule has 1 aromatic carbocycles. The molecule has 2 fully saturated rings. The molecule has 1 unspecified atom stereocenters. The number of hydrogen-bond acceptors (Lipinski definition) is 4. The van der Waals surface area contributed by atoms with Crippen LogP contribution < -0.4 is 4.74 Å². The predicted molar refractivity (Wildman–Crippen MR) is 88.5 cm³/mol. The van der Waals surface area contributed by atoms with Gasteiger partial charge >= 0.3 is 0 Å². The van der Waals surface area contributed by atoms with E-state index >= 15 is 0 Å². The quantitative estimate of drug-likeness (QED) is 0.750. The van der Waals surface area contributed by atoms with Crippen molar-refractivity contribution in [2.75, 3.05) is 45.9 Å². The van der Waals surface area contributed by atoms with Crippen molar-refractivity contribution in [3.8, 4) is 5.75 Å². The maximum absolute atomic E-state index is 12.3. The zero-order valence-corrected chi connectivity index (χ0v) is 13.7. The Bertz CT molecular complexity index is 480. The lowest BCUT2D eigenvalue weighted by Crippen LogP contribution is -2.51. The maximum Gasteiger partial charge on any atom is 0.251 e. The van der Waals surface area contributed by atoms with Crippen molar-refractivity contribution >= 4 is 5.91 Å². The minimum absolute atomic E-state index is 0.180. The second-order valence-electron chi connectivity index (χ2n) is 6.18. The molecule has 0 bridgehead atoms. The third-order valence-corrected chi connectivity index (χ3v) is 4.52. The van der Waals surface area contributed by atoms with Crippen LogP contribution in [-0.4, -0.2) is 67.7 Å². The number of nitrogens with zero attached hydrogens (tertiary/aromatic N) is 2. The van der Waals surface area contributed by atoms with Crippen molar-refractivity contribution in [3.63, 3.8) is 0 Å². The first-order valence-corrected chi connectivity index (χ1v) is 8.63. The van der Waals surface area contributed by atoms with Gasteiger partial charge in [0.25, 0.3) is 5.91 Å². The van der Waals surface area contributed by atoms with Crippen LogP contribution in [0.15, 0.2) is 30.3 Å². The molecule has 5 heteroatoms. The molecule has 126 valence electrons. The van der Waals surface area contributed by atoms with Gasteiger partial charge in [-0.15, -0.1) is 0 Å². The van der Waals surface area contributed by atoms with Crippen LogP contribution in [0.25, 0.3) is 0 Å². The molecule has 5 nitrogen and oxygen atoms in total. The topological polar surface area (TPSA) is 42.0 Å². The number of amides is 1. The van der Waals surface area contributed by atoms with E-state index in [2.05, 4.69) is 4.90 Å². The number of piperazine rings is 1. The first kappa shape index (κ1) is 16.3. The summed E-state index contributed by atoms with van der Waals surface area (Å²) in [5.74, 6) is 1.12. The highest BCUT2D eigenvalue weighted by Gasteiger charge is 2.30. The third kappa shape index (κ3) is 4.69. The fourth-order valence-electron chi connectivity index (χ4n) is 3.16. The lowest BCUT2D eigenvalue weighted by molar-refractivity contribution is -0.142. The smallest absolute Gasteiger partial charge is 0.251 e. The number of carbonyl (C=O) groups is 1. The van der Waals surface area contributed by atoms with E-state index in [1.165, 1.54) is 0 Å². The molecular weight excluding hydrogens is 292 g/mol. The summed E-state index contributed by atoms with van der Waals surface area (Å²) in [5, 5.41) is 0. The zero-order chi connectivity index (χ0) is 15.9. The zero-order valence-electron chi connectivity index (χ0n) is 13.7. The Labute approximate surface area is 138 Å². The van der Waals surface area contributed by atoms with Crippen molar-refractivity contribution in [1.29, 1.82) is 0 Å². The molecule has 0 N–H and O–H groups in total. The van der Waals surface area contributed by atoms with Crippen LogP contribution in [-0.2, 0) is 9.53 Å². The molecule has 1 atom stereocenters. The lowest BCUT2D eigenvalue weighted by atomic mass is 10.2. The van der Waals surface area contributed by atoms with Gasteiger partial charge in [0, 0.05) is 39.3 Å². The number of carbonyl (C=O) groups excluding carboxylic acids is 1. The summed E-state index contributed by atoms with van der Waals surface area (Å²) in [4.78, 5) is 16.7. The third-order valence-electron chi connectivity index (χ3n) is 4.52. The molecule has 1 amide bonds. The highest BCUT2D eigenvalue weighted by molar-refractivity contribution is 5.81. The van der Waals surface area contributed by atoms with Crippen molar-refractivity contribution in [1.82, 2.24) is 9.80 Å². The number of para-hydroxylation sites is 1. The number of hydrogen-bond donors (Lipinski definition) is 0. The van der Waals surface area contributed by atoms with E-state index in [-0.39, 0.29) is 12.0 Å². The number of rotatable bonds is 6. The maximum atomic E-state index is 12.3. The average Bonchev–Trinajstić information content (AvgIpc) is 3.14. The molecule has 3 rings (SSSR count). The van der Waals surface area contributed by atoms with Gasteiger partial charge in [-0.2, -0.15) is 0 Å². The van der Waals surface area contributed by atoms with Crippen LogP contribution in [0, 0.1) is 0 Å². The first-order valence-electron chi connectivity index (χ1n) is 8.63. The van der Waals surface area contributed by atoms with Crippen LogP contribution >= 0.6 is 0 Å². The van der Waals surface area contributed by atoms with Crippen molar-refractivity contribution in [2.24, 2.45) is 0 Å². The predicted octanol–water partition coefficient (Wildman–Crippen LogP) is 1.78. The van der Waals surface area contributed by atoms with Gasteiger partial charge in [0.15, 0.2) is 0 Å². The van der Waals surface area contributed by atoms with Crippen LogP contribution in [0.1, 0.15) is 19.3 Å². The molecular formula is C18H26N2O3. The highest BCUT2D eigenvalue weighted by Crippen LogP contribution is 2.16. The molecule has 1 aromatic rings. The van der Waals surface area contributed by atoms with Crippen molar-refractivity contribution < 1.29 is 14.3 Å². The van der Waals surface area contributed by atoms with Gasteiger partial charge in [0.2, 0.25) is 0 Å². The van der Waals surface area contributed by atoms with E-state index < -0.39 is 0 Å². The Balaban J connectivity index is 1.31. The van der Waals surface area contributed by atoms with Crippen molar-refractivity contribution in [3.05, 3.63) is 30.3 Å². The van der Waals surface area contributed by atoms with Crippen LogP contribution in [0.5, 0.6) is 5.75 Å². The summed E-state index contributed by atoms with van der Waals surface area (Å²) in [6, 6.07) is 9.93. The molecule has 2 heterocycles. The summed E-state index contributed by atoms with van der Waals surface area (Å²) in [5.41, 5.74) is 0. The van der Waals surface area contributed by atoms with Gasteiger partial charge < -0.3 is 14.4 Å². The molecule has 23 heavy (non-hydrogen) atoms. The molecule has 0 aromatic heterocycles. The van der Waals surface area contributed by atoms with E-state index in [0.717, 1.165) is 70.9 Å². The molecule has 2 aliphatic rings. The van der Waals surface area contributed by atoms with Crippen LogP contribution in [0.2, 0.25) is 0 Å². The van der Waals surface area contributed by atoms with E-state index in [0.29, 0.717) is 0 Å². The molecule has 2 saturated heterocycles. The van der Waals surface area contributed by atoms with E-state index in [4.69, 9.17) is 9.47 Å². The molecule has 0 saturated carbocycles. The number of ether oxygens (including phenoxy) is 2. The average molecular weight is 318 g/mol. The lowest BCUT2D eigenvalue weighted by Gasteiger charge is -2.35. The second kappa shape index (κ2) is 8.31. The Morgan fingerprint density at radius 1 is 1.17 bits per heavy atom. The van der Waals surface area contributed by atoms with Crippen LogP contribution in [0.4, 0.5) is 0 Å². The minimum Gasteiger partial charge on any atom is -0.494 e. The molecule has 2 aliphatic heterocycles. The van der Waals surface area contributed by atoms with Gasteiger partial charge in [0.05, 0.1) is 6.61 Å². The van der Waals surface area contributed by atoms with E-state index in [1.807, 2.05) is 35.2 Å². The van der Waals surface area contributed by atoms with E-state index in [9.17, 15) is 4.79 Å². The molecule has 0 spiro atoms. The van der Waals surface area contributed by atoms with Gasteiger partial charge in [0.1, 0.15) is 11.9 Å². The van der Waals surface area contributed by atoms with Crippen molar-refractivity contribution in [2.45, 2.75) is 25.4 Å². The summed E-state index contributed by atoms with van der Waals surface area (Å²) < 4.78 is 11.2. The summed E-state index contributed by atoms with van der Waals surface area (Å²) in [7, 11) is 0. The Morgan fingerprint density at radius 3 is 2.65 bits per heavy atom. The van der Waals surface area contributed by atoms with Gasteiger partial charge in [-0.1, -0.05) is 18.2 Å². The summed E-state index contributed by atoms with van der Waals surface area (Å²) >= 11 is 0. The Kier molecular flexibility index (Phi) is 5.88. The fourth-order valence-corrected chi connectivity index (χ4v) is 3.16. The minimum atomic E-state index is -0.180. The van der Waals surface area contributed by atoms with Gasteiger partial charge in [-0.3, -0.25) is 9.69 Å². The Hall–Kier alpha value is -1.59. The summed E-state index contributed by atoms with van der Waals surface area (Å²) in [6.07, 6.45) is 2.73. The summed E-state index contributed by atoms with van der Waals surface area (Å²) in [6.45, 7) is 6.02. The van der Waals surface area contributed by atoms with Gasteiger partial charge in [-0.25, -0.2) is 0 Å². The van der Waals surface area contributed by atoms with Crippen LogP contribution in [0.3, 0.4) is 0 Å². The number of benzene rings is 1. The second-order valence-corrected chi connectivity index (χ2v) is 6.18. The fraction of sp³-hybridized carbons (Fsp3) is 0.611. The first-order chi connectivity index (χ1) is 11.3.